The van der Waals surface area contributed by atoms with Crippen molar-refractivity contribution in [3.63, 3.8) is 0 Å². The average Bonchev–Trinajstić information content (AvgIpc) is 2.65. The zero-order valence-corrected chi connectivity index (χ0v) is 14.8. The molecule has 130 valence electrons. The van der Waals surface area contributed by atoms with Crippen LogP contribution in [0.2, 0.25) is 0 Å². The Morgan fingerprint density at radius 3 is 2.54 bits per heavy atom. The molecule has 0 aliphatic heterocycles. The average molecular weight is 326 g/mol. The zero-order valence-electron chi connectivity index (χ0n) is 14.8. The quantitative estimate of drug-likeness (QED) is 0.630. The summed E-state index contributed by atoms with van der Waals surface area (Å²) in [6.45, 7) is 2.99. The summed E-state index contributed by atoms with van der Waals surface area (Å²) in [5.41, 5.74) is 1.06. The largest absolute Gasteiger partial charge is 0.494 e. The molecule has 1 saturated carbocycles. The molecule has 2 aromatic rings. The van der Waals surface area contributed by atoms with Crippen molar-refractivity contribution in [3.05, 3.63) is 42.0 Å². The number of fused-ring (bicyclic) bond motifs is 1. The van der Waals surface area contributed by atoms with Crippen molar-refractivity contribution in [2.24, 2.45) is 5.92 Å². The molecule has 1 unspecified atom stereocenters. The zero-order chi connectivity index (χ0) is 16.8. The second kappa shape index (κ2) is 8.53. The first-order valence-electron chi connectivity index (χ1n) is 9.62. The molecule has 0 bridgehead atoms. The molecule has 24 heavy (non-hydrogen) atoms. The molecular weight excluding hydrogens is 296 g/mol. The van der Waals surface area contributed by atoms with Gasteiger partial charge in [0.15, 0.2) is 0 Å². The van der Waals surface area contributed by atoms with Crippen molar-refractivity contribution >= 4 is 10.8 Å². The molecular formula is C22H30O2. The van der Waals surface area contributed by atoms with E-state index in [-0.39, 0.29) is 6.10 Å². The minimum Gasteiger partial charge on any atom is -0.494 e. The first-order chi connectivity index (χ1) is 11.8. The van der Waals surface area contributed by atoms with Crippen LogP contribution in [-0.4, -0.2) is 11.7 Å². The summed E-state index contributed by atoms with van der Waals surface area (Å²) in [4.78, 5) is 0. The molecule has 0 aromatic heterocycles. The summed E-state index contributed by atoms with van der Waals surface area (Å²) in [7, 11) is 0. The Labute approximate surface area is 145 Å². The number of aliphatic hydroxyl groups is 1. The molecule has 1 aliphatic carbocycles. The van der Waals surface area contributed by atoms with Crippen molar-refractivity contribution in [1.29, 1.82) is 0 Å². The van der Waals surface area contributed by atoms with E-state index in [1.54, 1.807) is 0 Å². The minimum atomic E-state index is -0.320. The molecule has 1 N–H and O–H groups in total. The van der Waals surface area contributed by atoms with Crippen LogP contribution in [0.5, 0.6) is 5.75 Å². The van der Waals surface area contributed by atoms with Crippen LogP contribution in [0, 0.1) is 5.92 Å². The van der Waals surface area contributed by atoms with Gasteiger partial charge in [-0.25, -0.2) is 0 Å². The third kappa shape index (κ3) is 4.30. The topological polar surface area (TPSA) is 29.5 Å². The lowest BCUT2D eigenvalue weighted by Crippen LogP contribution is -2.15. The van der Waals surface area contributed by atoms with Gasteiger partial charge in [-0.1, -0.05) is 57.2 Å². The van der Waals surface area contributed by atoms with E-state index in [0.717, 1.165) is 37.2 Å². The van der Waals surface area contributed by atoms with Crippen LogP contribution in [-0.2, 0) is 0 Å². The molecule has 0 radical (unpaired) electrons. The van der Waals surface area contributed by atoms with E-state index in [2.05, 4.69) is 37.3 Å². The van der Waals surface area contributed by atoms with Crippen molar-refractivity contribution in [3.8, 4) is 5.75 Å². The predicted molar refractivity (Wildman–Crippen MR) is 101 cm³/mol. The number of hydrogen-bond acceptors (Lipinski definition) is 2. The summed E-state index contributed by atoms with van der Waals surface area (Å²) in [5, 5.41) is 13.1. The number of hydrogen-bond donors (Lipinski definition) is 1. The molecule has 0 heterocycles. The first kappa shape index (κ1) is 17.3. The SMILES string of the molecule is CCCCCOc1ccc2cc(C(O)C3CCCCC3)ccc2c1. The van der Waals surface area contributed by atoms with Crippen molar-refractivity contribution in [2.45, 2.75) is 64.4 Å². The van der Waals surface area contributed by atoms with E-state index in [0.29, 0.717) is 5.92 Å². The fourth-order valence-corrected chi connectivity index (χ4v) is 3.78. The Bertz CT molecular complexity index is 643. The Hall–Kier alpha value is -1.54. The van der Waals surface area contributed by atoms with E-state index < -0.39 is 0 Å². The van der Waals surface area contributed by atoms with Crippen LogP contribution in [0.4, 0.5) is 0 Å². The van der Waals surface area contributed by atoms with E-state index in [1.165, 1.54) is 42.9 Å². The van der Waals surface area contributed by atoms with E-state index in [9.17, 15) is 5.11 Å². The molecule has 2 nitrogen and oxygen atoms in total. The highest BCUT2D eigenvalue weighted by Crippen LogP contribution is 2.35. The highest BCUT2D eigenvalue weighted by Gasteiger charge is 2.23. The van der Waals surface area contributed by atoms with Gasteiger partial charge in [0.1, 0.15) is 5.75 Å². The van der Waals surface area contributed by atoms with Gasteiger partial charge in [-0.15, -0.1) is 0 Å². The molecule has 2 heteroatoms. The summed E-state index contributed by atoms with van der Waals surface area (Å²) >= 11 is 0. The van der Waals surface area contributed by atoms with E-state index >= 15 is 0 Å². The van der Waals surface area contributed by atoms with Crippen LogP contribution in [0.1, 0.15) is 70.0 Å². The normalized spacial score (nSPS) is 17.1. The minimum absolute atomic E-state index is 0.320. The molecule has 0 saturated heterocycles. The fourth-order valence-electron chi connectivity index (χ4n) is 3.78. The molecule has 3 rings (SSSR count). The van der Waals surface area contributed by atoms with Gasteiger partial charge in [-0.3, -0.25) is 0 Å². The van der Waals surface area contributed by atoms with Crippen molar-refractivity contribution in [2.75, 3.05) is 6.61 Å². The van der Waals surface area contributed by atoms with Gasteiger partial charge in [0, 0.05) is 0 Å². The highest BCUT2D eigenvalue weighted by atomic mass is 16.5. The van der Waals surface area contributed by atoms with Crippen LogP contribution in [0.3, 0.4) is 0 Å². The number of rotatable bonds is 7. The lowest BCUT2D eigenvalue weighted by atomic mass is 9.82. The second-order valence-electron chi connectivity index (χ2n) is 7.17. The van der Waals surface area contributed by atoms with Gasteiger partial charge in [-0.05, 0) is 59.7 Å². The third-order valence-electron chi connectivity index (χ3n) is 5.29. The number of aliphatic hydroxyl groups excluding tert-OH is 1. The third-order valence-corrected chi connectivity index (χ3v) is 5.29. The summed E-state index contributed by atoms with van der Waals surface area (Å²) in [6.07, 6.45) is 9.38. The van der Waals surface area contributed by atoms with Crippen LogP contribution < -0.4 is 4.74 Å². The fraction of sp³-hybridized carbons (Fsp3) is 0.545. The molecule has 2 aromatic carbocycles. The van der Waals surface area contributed by atoms with Gasteiger partial charge in [0.25, 0.3) is 0 Å². The second-order valence-corrected chi connectivity index (χ2v) is 7.17. The first-order valence-corrected chi connectivity index (χ1v) is 9.62. The smallest absolute Gasteiger partial charge is 0.119 e. The molecule has 1 fully saturated rings. The Kier molecular flexibility index (Phi) is 6.14. The maximum absolute atomic E-state index is 10.7. The molecule has 0 amide bonds. The van der Waals surface area contributed by atoms with Gasteiger partial charge in [0.05, 0.1) is 12.7 Å². The predicted octanol–water partition coefficient (Wildman–Crippen LogP) is 6.02. The maximum atomic E-state index is 10.7. The standard InChI is InChI=1S/C22H30O2/c1-2-3-7-14-24-21-13-12-18-15-20(11-10-19(18)16-21)22(23)17-8-5-4-6-9-17/h10-13,15-17,22-23H,2-9,14H2,1H3. The van der Waals surface area contributed by atoms with E-state index in [4.69, 9.17) is 4.74 Å². The van der Waals surface area contributed by atoms with E-state index in [1.807, 2.05) is 6.07 Å². The Morgan fingerprint density at radius 2 is 1.75 bits per heavy atom. The van der Waals surface area contributed by atoms with Gasteiger partial charge in [-0.2, -0.15) is 0 Å². The summed E-state index contributed by atoms with van der Waals surface area (Å²) in [6, 6.07) is 12.6. The van der Waals surface area contributed by atoms with Crippen LogP contribution in [0.15, 0.2) is 36.4 Å². The van der Waals surface area contributed by atoms with Gasteiger partial charge >= 0.3 is 0 Å². The van der Waals surface area contributed by atoms with Crippen molar-refractivity contribution < 1.29 is 9.84 Å². The summed E-state index contributed by atoms with van der Waals surface area (Å²) in [5.74, 6) is 1.37. The van der Waals surface area contributed by atoms with Crippen LogP contribution >= 0.6 is 0 Å². The lowest BCUT2D eigenvalue weighted by Gasteiger charge is -2.27. The number of ether oxygens (including phenoxy) is 1. The Morgan fingerprint density at radius 1 is 1.00 bits per heavy atom. The molecule has 1 aliphatic rings. The molecule has 0 spiro atoms. The summed E-state index contributed by atoms with van der Waals surface area (Å²) < 4.78 is 5.84. The van der Waals surface area contributed by atoms with Crippen LogP contribution in [0.25, 0.3) is 10.8 Å². The monoisotopic (exact) mass is 326 g/mol. The molecule has 1 atom stereocenters. The Balaban J connectivity index is 1.69. The van der Waals surface area contributed by atoms with Crippen molar-refractivity contribution in [1.82, 2.24) is 0 Å². The van der Waals surface area contributed by atoms with Gasteiger partial charge < -0.3 is 9.84 Å². The number of unbranched alkanes of at least 4 members (excludes halogenated alkanes) is 2. The van der Waals surface area contributed by atoms with Gasteiger partial charge in [0.2, 0.25) is 0 Å². The highest BCUT2D eigenvalue weighted by molar-refractivity contribution is 5.84. The number of benzene rings is 2. The lowest BCUT2D eigenvalue weighted by molar-refractivity contribution is 0.0849. The maximum Gasteiger partial charge on any atom is 0.119 e.